The van der Waals surface area contributed by atoms with Gasteiger partial charge in [-0.1, -0.05) is 48.5 Å². The molecule has 0 spiro atoms. The second-order valence-electron chi connectivity index (χ2n) is 9.64. The van der Waals surface area contributed by atoms with Crippen LogP contribution in [0.25, 0.3) is 32.0 Å². The predicted molar refractivity (Wildman–Crippen MR) is 182 cm³/mol. The number of nitrogens with zero attached hydrogens (tertiary/aromatic N) is 6. The Labute approximate surface area is 298 Å². The van der Waals surface area contributed by atoms with E-state index >= 15 is 0 Å². The molecule has 0 bridgehead atoms. The minimum Gasteiger partial charge on any atom is -0.537 e. The number of hydrogen-bond acceptors (Lipinski definition) is 10. The van der Waals surface area contributed by atoms with E-state index < -0.39 is 31.9 Å². The first-order valence-electron chi connectivity index (χ1n) is 14.0. The van der Waals surface area contributed by atoms with Gasteiger partial charge in [-0.15, -0.1) is 0 Å². The molecule has 0 aliphatic carbocycles. The molecule has 0 fully saturated rings. The number of aromatic nitrogens is 4. The number of sulfonamides is 2. The molecule has 4 aromatic heterocycles. The molecule has 2 aromatic carbocycles. The minimum atomic E-state index is -3.68. The number of fused-ring (bicyclic) bond motifs is 2. The number of rotatable bonds is 2. The fourth-order valence-electron chi connectivity index (χ4n) is 4.26. The van der Waals surface area contributed by atoms with Crippen molar-refractivity contribution >= 4 is 31.9 Å². The summed E-state index contributed by atoms with van der Waals surface area (Å²) in [5, 5.41) is 0. The van der Waals surface area contributed by atoms with Crippen molar-refractivity contribution < 1.29 is 49.0 Å². The van der Waals surface area contributed by atoms with Crippen molar-refractivity contribution in [2.75, 3.05) is 0 Å². The largest absolute Gasteiger partial charge is 2.00 e. The van der Waals surface area contributed by atoms with E-state index in [1.165, 1.54) is 24.3 Å². The molecule has 2 aliphatic heterocycles. The average molecular weight is 759 g/mol. The van der Waals surface area contributed by atoms with Crippen LogP contribution in [0.2, 0.25) is 0 Å². The maximum atomic E-state index is 11.1. The van der Waals surface area contributed by atoms with Crippen LogP contribution in [0, 0.1) is 0 Å². The molecule has 0 saturated heterocycles. The minimum absolute atomic E-state index is 0. The summed E-state index contributed by atoms with van der Waals surface area (Å²) in [7, 11) is -7.36. The van der Waals surface area contributed by atoms with Gasteiger partial charge >= 0.3 is 17.1 Å². The zero-order chi connectivity index (χ0) is 34.0. The second kappa shape index (κ2) is 17.7. The fourth-order valence-corrected chi connectivity index (χ4v) is 6.46. The first-order chi connectivity index (χ1) is 23.2. The number of hydrogen-bond donors (Lipinski definition) is 0. The van der Waals surface area contributed by atoms with Gasteiger partial charge < -0.3 is 24.5 Å². The van der Waals surface area contributed by atoms with Gasteiger partial charge in [0, 0.05) is 59.4 Å². The van der Waals surface area contributed by atoms with Crippen molar-refractivity contribution in [3.8, 4) is 22.5 Å². The van der Waals surface area contributed by atoms with Gasteiger partial charge in [-0.3, -0.25) is 19.9 Å². The van der Waals surface area contributed by atoms with E-state index in [1.54, 1.807) is 61.4 Å². The Balaban J connectivity index is 0.000000178. The van der Waals surface area contributed by atoms with E-state index in [1.807, 2.05) is 60.7 Å². The van der Waals surface area contributed by atoms with Crippen LogP contribution >= 0.6 is 0 Å². The molecule has 1 radical (unpaired) electrons. The molecule has 6 aromatic rings. The SMILES string of the molecule is O=C1[N-]S(=O)(=O)c2ccccc21.O=C1[N-]S(=O)(=O)c2ccccc21.[Cu+2].[OH3+].c1ccc(-c2ccncc2)nc1.c1ccc(-c2ccncc2)nc1. The Bertz CT molecular complexity index is 2010. The quantitative estimate of drug-likeness (QED) is 0.167. The molecule has 2 aliphatic rings. The van der Waals surface area contributed by atoms with Crippen molar-refractivity contribution in [3.63, 3.8) is 0 Å². The van der Waals surface area contributed by atoms with Crippen LogP contribution in [-0.4, -0.2) is 48.6 Å². The molecular formula is C34H27CuN6O7S2+. The van der Waals surface area contributed by atoms with Gasteiger partial charge in [0.1, 0.15) is 20.0 Å². The third kappa shape index (κ3) is 9.72. The topological polar surface area (TPSA) is 215 Å². The second-order valence-corrected chi connectivity index (χ2v) is 12.8. The number of pyridine rings is 4. The van der Waals surface area contributed by atoms with E-state index in [0.717, 1.165) is 22.5 Å². The van der Waals surface area contributed by atoms with Gasteiger partial charge in [-0.2, -0.15) is 0 Å². The molecule has 0 unspecified atom stereocenters. The molecular weight excluding hydrogens is 732 g/mol. The Kier molecular flexibility index (Phi) is 13.7. The molecule has 8 rings (SSSR count). The monoisotopic (exact) mass is 758 g/mol. The van der Waals surface area contributed by atoms with Gasteiger partial charge in [0.05, 0.1) is 33.0 Å². The normalized spacial score (nSPS) is 13.5. The number of carbonyl (C=O) groups excluding carboxylic acids is 2. The standard InChI is InChI=1S/2C10H8N2.2C7H5NO3S.Cu.H2O/c2*1-2-6-12-10(3-1)9-4-7-11-8-5-9;2*9-7-5-3-1-2-4-6(5)12(10,11)8-7;;/h2*1-8H;2*1-4H,(H,8,9);;1H2/q;;;;+2;/p-1. The Morgan fingerprint density at radius 2 is 0.780 bits per heavy atom. The molecule has 0 saturated carbocycles. The van der Waals surface area contributed by atoms with E-state index in [0.29, 0.717) is 0 Å². The van der Waals surface area contributed by atoms with Crippen LogP contribution in [0.5, 0.6) is 0 Å². The molecule has 3 N–H and O–H groups in total. The Morgan fingerprint density at radius 3 is 1.10 bits per heavy atom. The van der Waals surface area contributed by atoms with Crippen LogP contribution in [0.15, 0.2) is 156 Å². The third-order valence-corrected chi connectivity index (χ3v) is 9.11. The van der Waals surface area contributed by atoms with Gasteiger partial charge in [0.15, 0.2) is 0 Å². The summed E-state index contributed by atoms with van der Waals surface area (Å²) in [4.78, 5) is 38.2. The first kappa shape index (κ1) is 38.8. The van der Waals surface area contributed by atoms with Crippen LogP contribution in [0.4, 0.5) is 0 Å². The van der Waals surface area contributed by atoms with Crippen molar-refractivity contribution in [3.05, 3.63) is 167 Å². The first-order valence-corrected chi connectivity index (χ1v) is 16.9. The smallest absolute Gasteiger partial charge is 0.537 e. The number of carbonyl (C=O) groups is 2. The van der Waals surface area contributed by atoms with E-state index in [9.17, 15) is 26.4 Å². The molecule has 6 heterocycles. The van der Waals surface area contributed by atoms with E-state index in [2.05, 4.69) is 29.4 Å². The van der Waals surface area contributed by atoms with Gasteiger partial charge in [0.2, 0.25) is 0 Å². The molecule has 257 valence electrons. The summed E-state index contributed by atoms with van der Waals surface area (Å²) in [6, 6.07) is 31.5. The molecule has 2 amide bonds. The maximum absolute atomic E-state index is 11.1. The van der Waals surface area contributed by atoms with Crippen LogP contribution in [0.3, 0.4) is 0 Å². The van der Waals surface area contributed by atoms with Crippen LogP contribution < -0.4 is 0 Å². The summed E-state index contributed by atoms with van der Waals surface area (Å²) < 4.78 is 50.3. The van der Waals surface area contributed by atoms with E-state index in [-0.39, 0.29) is 43.5 Å². The zero-order valence-corrected chi connectivity index (χ0v) is 28.3. The van der Waals surface area contributed by atoms with Crippen LogP contribution in [-0.2, 0) is 42.6 Å². The van der Waals surface area contributed by atoms with Gasteiger partial charge in [-0.05, 0) is 60.7 Å². The van der Waals surface area contributed by atoms with Crippen molar-refractivity contribution in [2.45, 2.75) is 9.79 Å². The Morgan fingerprint density at radius 1 is 0.440 bits per heavy atom. The molecule has 0 atom stereocenters. The molecule has 13 nitrogen and oxygen atoms in total. The third-order valence-electron chi connectivity index (χ3n) is 6.48. The maximum Gasteiger partial charge on any atom is 2.00 e. The van der Waals surface area contributed by atoms with Crippen molar-refractivity contribution in [2.24, 2.45) is 0 Å². The predicted octanol–water partition coefficient (Wildman–Crippen LogP) is 5.17. The summed E-state index contributed by atoms with van der Waals surface area (Å²) in [5.74, 6) is -1.35. The van der Waals surface area contributed by atoms with Crippen molar-refractivity contribution in [1.82, 2.24) is 19.9 Å². The zero-order valence-electron chi connectivity index (χ0n) is 25.7. The summed E-state index contributed by atoms with van der Waals surface area (Å²) in [6.45, 7) is 0. The average Bonchev–Trinajstić information content (AvgIpc) is 3.52. The summed E-state index contributed by atoms with van der Waals surface area (Å²) in [5.41, 5.74) is 4.51. The van der Waals surface area contributed by atoms with E-state index in [4.69, 9.17) is 0 Å². The number of benzene rings is 2. The summed E-state index contributed by atoms with van der Waals surface area (Å²) in [6.07, 6.45) is 10.6. The number of amides is 2. The summed E-state index contributed by atoms with van der Waals surface area (Å²) >= 11 is 0. The van der Waals surface area contributed by atoms with Crippen molar-refractivity contribution in [1.29, 1.82) is 0 Å². The molecule has 16 heteroatoms. The molecule has 50 heavy (non-hydrogen) atoms. The van der Waals surface area contributed by atoms with Crippen LogP contribution in [0.1, 0.15) is 20.7 Å². The fraction of sp³-hybridized carbons (Fsp3) is 0. The van der Waals surface area contributed by atoms with Gasteiger partial charge in [0.25, 0.3) is 0 Å². The van der Waals surface area contributed by atoms with Gasteiger partial charge in [-0.25, -0.2) is 16.8 Å². The Hall–Kier alpha value is -5.64.